The van der Waals surface area contributed by atoms with Crippen LogP contribution >= 0.6 is 0 Å². The molecule has 110 valence electrons. The van der Waals surface area contributed by atoms with Crippen LogP contribution in [0.5, 0.6) is 0 Å². The van der Waals surface area contributed by atoms with Crippen molar-refractivity contribution in [1.29, 1.82) is 0 Å². The zero-order valence-electron chi connectivity index (χ0n) is 12.8. The Bertz CT molecular complexity index is 422. The van der Waals surface area contributed by atoms with Gasteiger partial charge in [0.15, 0.2) is 0 Å². The van der Waals surface area contributed by atoms with E-state index in [-0.39, 0.29) is 5.91 Å². The number of primary amides is 1. The Kier molecular flexibility index (Phi) is 7.71. The molecule has 1 aromatic rings. The first kappa shape index (κ1) is 16.5. The van der Waals surface area contributed by atoms with Gasteiger partial charge in [0, 0.05) is 5.57 Å². The van der Waals surface area contributed by atoms with Crippen LogP contribution in [0.3, 0.4) is 0 Å². The van der Waals surface area contributed by atoms with Crippen molar-refractivity contribution in [3.63, 3.8) is 0 Å². The van der Waals surface area contributed by atoms with Crippen molar-refractivity contribution in [2.45, 2.75) is 58.3 Å². The number of rotatable bonds is 9. The van der Waals surface area contributed by atoms with Crippen LogP contribution in [-0.2, 0) is 4.79 Å². The van der Waals surface area contributed by atoms with Gasteiger partial charge in [0.2, 0.25) is 5.91 Å². The quantitative estimate of drug-likeness (QED) is 0.658. The first-order valence-corrected chi connectivity index (χ1v) is 7.72. The number of benzene rings is 1. The van der Waals surface area contributed by atoms with Crippen molar-refractivity contribution in [2.75, 3.05) is 0 Å². The lowest BCUT2D eigenvalue weighted by Gasteiger charge is -2.15. The summed E-state index contributed by atoms with van der Waals surface area (Å²) < 4.78 is 0. The molecular weight excluding hydrogens is 246 g/mol. The molecule has 0 aliphatic carbocycles. The van der Waals surface area contributed by atoms with Crippen LogP contribution in [-0.4, -0.2) is 5.91 Å². The number of nitrogens with two attached hydrogens (primary N) is 1. The second kappa shape index (κ2) is 9.35. The van der Waals surface area contributed by atoms with Crippen molar-refractivity contribution in [3.8, 4) is 0 Å². The summed E-state index contributed by atoms with van der Waals surface area (Å²) in [5, 5.41) is 0. The minimum Gasteiger partial charge on any atom is -0.366 e. The molecule has 2 nitrogen and oxygen atoms in total. The molecule has 0 bridgehead atoms. The van der Waals surface area contributed by atoms with Crippen molar-refractivity contribution < 1.29 is 4.79 Å². The van der Waals surface area contributed by atoms with Gasteiger partial charge in [0.1, 0.15) is 0 Å². The van der Waals surface area contributed by atoms with Gasteiger partial charge in [-0.2, -0.15) is 0 Å². The molecule has 0 aromatic heterocycles. The Morgan fingerprint density at radius 3 is 2.45 bits per heavy atom. The van der Waals surface area contributed by atoms with E-state index in [0.717, 1.165) is 44.1 Å². The summed E-state index contributed by atoms with van der Waals surface area (Å²) in [5.41, 5.74) is 7.62. The number of allylic oxidation sites excluding steroid dienone is 1. The highest BCUT2D eigenvalue weighted by Gasteiger charge is 2.11. The Hall–Kier alpha value is -1.57. The van der Waals surface area contributed by atoms with Crippen LogP contribution in [0.4, 0.5) is 0 Å². The van der Waals surface area contributed by atoms with Crippen LogP contribution in [0.1, 0.15) is 63.9 Å². The molecule has 0 spiro atoms. The summed E-state index contributed by atoms with van der Waals surface area (Å²) in [5.74, 6) is 0.221. The monoisotopic (exact) mass is 273 g/mol. The maximum Gasteiger partial charge on any atom is 0.244 e. The van der Waals surface area contributed by atoms with E-state index in [2.05, 4.69) is 44.2 Å². The number of carbonyl (C=O) groups is 1. The third kappa shape index (κ3) is 5.60. The van der Waals surface area contributed by atoms with Crippen LogP contribution in [0.2, 0.25) is 0 Å². The molecule has 0 saturated carbocycles. The summed E-state index contributed by atoms with van der Waals surface area (Å²) in [6.45, 7) is 4.33. The normalized spacial score (nSPS) is 13.2. The first-order chi connectivity index (χ1) is 9.69. The van der Waals surface area contributed by atoms with E-state index in [0.29, 0.717) is 5.92 Å². The van der Waals surface area contributed by atoms with Crippen LogP contribution in [0, 0.1) is 0 Å². The van der Waals surface area contributed by atoms with Crippen molar-refractivity contribution >= 4 is 5.91 Å². The van der Waals surface area contributed by atoms with Crippen LogP contribution in [0.25, 0.3) is 0 Å². The number of unbranched alkanes of at least 4 members (excludes halogenated alkanes) is 1. The van der Waals surface area contributed by atoms with Gasteiger partial charge >= 0.3 is 0 Å². The van der Waals surface area contributed by atoms with E-state index in [1.807, 2.05) is 6.07 Å². The fourth-order valence-corrected chi connectivity index (χ4v) is 2.47. The molecule has 0 aliphatic heterocycles. The fourth-order valence-electron chi connectivity index (χ4n) is 2.47. The minimum absolute atomic E-state index is 0.262. The Labute approximate surface area is 123 Å². The van der Waals surface area contributed by atoms with E-state index in [9.17, 15) is 4.79 Å². The number of carbonyl (C=O) groups excluding carboxylic acids is 1. The predicted octanol–water partition coefficient (Wildman–Crippen LogP) is 4.56. The average Bonchev–Trinajstić information content (AvgIpc) is 2.46. The van der Waals surface area contributed by atoms with E-state index >= 15 is 0 Å². The zero-order valence-corrected chi connectivity index (χ0v) is 12.8. The smallest absolute Gasteiger partial charge is 0.244 e. The fraction of sp³-hybridized carbons (Fsp3) is 0.500. The third-order valence-electron chi connectivity index (χ3n) is 3.67. The van der Waals surface area contributed by atoms with Gasteiger partial charge in [0.05, 0.1) is 0 Å². The highest BCUT2D eigenvalue weighted by molar-refractivity contribution is 5.91. The summed E-state index contributed by atoms with van der Waals surface area (Å²) in [6, 6.07) is 10.5. The van der Waals surface area contributed by atoms with E-state index in [1.165, 1.54) is 5.56 Å². The minimum atomic E-state index is -0.262. The van der Waals surface area contributed by atoms with Crippen molar-refractivity contribution in [3.05, 3.63) is 47.5 Å². The van der Waals surface area contributed by atoms with Crippen LogP contribution in [0.15, 0.2) is 42.0 Å². The molecule has 2 N–H and O–H groups in total. The first-order valence-electron chi connectivity index (χ1n) is 7.72. The highest BCUT2D eigenvalue weighted by atomic mass is 16.1. The number of hydrogen-bond acceptors (Lipinski definition) is 1. The van der Waals surface area contributed by atoms with Crippen molar-refractivity contribution in [1.82, 2.24) is 0 Å². The Morgan fingerprint density at radius 2 is 1.90 bits per heavy atom. The molecular formula is C18H27NO. The summed E-state index contributed by atoms with van der Waals surface area (Å²) in [4.78, 5) is 11.5. The molecule has 1 aromatic carbocycles. The van der Waals surface area contributed by atoms with Gasteiger partial charge < -0.3 is 5.73 Å². The molecule has 20 heavy (non-hydrogen) atoms. The standard InChI is InChI=1S/C18H27NO/c1-3-5-10-17(18(19)20)14-13-15(9-4-2)16-11-7-6-8-12-16/h6-8,11-12,14-15H,3-5,9-10,13H2,1-2H3,(H2,19,20). The SMILES string of the molecule is CCCCC(=CCC(CCC)c1ccccc1)C(N)=O. The number of hydrogen-bond donors (Lipinski definition) is 1. The highest BCUT2D eigenvalue weighted by Crippen LogP contribution is 2.26. The largest absolute Gasteiger partial charge is 0.366 e. The lowest BCUT2D eigenvalue weighted by atomic mass is 9.90. The van der Waals surface area contributed by atoms with Gasteiger partial charge in [-0.25, -0.2) is 0 Å². The summed E-state index contributed by atoms with van der Waals surface area (Å²) >= 11 is 0. The van der Waals surface area contributed by atoms with Gasteiger partial charge in [0.25, 0.3) is 0 Å². The maximum atomic E-state index is 11.5. The molecule has 2 heteroatoms. The molecule has 0 heterocycles. The van der Waals surface area contributed by atoms with Gasteiger partial charge in [-0.3, -0.25) is 4.79 Å². The van der Waals surface area contributed by atoms with E-state index in [1.54, 1.807) is 0 Å². The second-order valence-corrected chi connectivity index (χ2v) is 5.33. The lowest BCUT2D eigenvalue weighted by Crippen LogP contribution is -2.14. The van der Waals surface area contributed by atoms with E-state index in [4.69, 9.17) is 5.73 Å². The molecule has 0 radical (unpaired) electrons. The number of amides is 1. The Morgan fingerprint density at radius 1 is 1.20 bits per heavy atom. The molecule has 1 rings (SSSR count). The summed E-state index contributed by atoms with van der Waals surface area (Å²) in [7, 11) is 0. The molecule has 0 saturated heterocycles. The molecule has 0 fully saturated rings. The van der Waals surface area contributed by atoms with Crippen molar-refractivity contribution in [2.24, 2.45) is 5.73 Å². The molecule has 0 aliphatic rings. The molecule has 1 unspecified atom stereocenters. The Balaban J connectivity index is 2.76. The third-order valence-corrected chi connectivity index (χ3v) is 3.67. The topological polar surface area (TPSA) is 43.1 Å². The maximum absolute atomic E-state index is 11.5. The van der Waals surface area contributed by atoms with Gasteiger partial charge in [-0.05, 0) is 37.2 Å². The average molecular weight is 273 g/mol. The predicted molar refractivity (Wildman–Crippen MR) is 85.5 cm³/mol. The van der Waals surface area contributed by atoms with E-state index < -0.39 is 0 Å². The molecule has 1 amide bonds. The van der Waals surface area contributed by atoms with Gasteiger partial charge in [-0.15, -0.1) is 0 Å². The van der Waals surface area contributed by atoms with Crippen LogP contribution < -0.4 is 5.73 Å². The van der Waals surface area contributed by atoms with Gasteiger partial charge in [-0.1, -0.05) is 63.1 Å². The molecule has 1 atom stereocenters. The lowest BCUT2D eigenvalue weighted by molar-refractivity contribution is -0.114. The summed E-state index contributed by atoms with van der Waals surface area (Å²) in [6.07, 6.45) is 8.17. The second-order valence-electron chi connectivity index (χ2n) is 5.33. The zero-order chi connectivity index (χ0) is 14.8.